The molecule has 1 heterocycles. The first-order chi connectivity index (χ1) is 16.0. The molecule has 0 aliphatic carbocycles. The fourth-order valence-corrected chi connectivity index (χ4v) is 4.18. The van der Waals surface area contributed by atoms with Crippen molar-refractivity contribution in [1.29, 1.82) is 0 Å². The van der Waals surface area contributed by atoms with Crippen molar-refractivity contribution in [3.8, 4) is 17.2 Å². The zero-order valence-corrected chi connectivity index (χ0v) is 19.6. The molecule has 0 fully saturated rings. The molecule has 0 aliphatic heterocycles. The maximum atomic E-state index is 13.4. The van der Waals surface area contributed by atoms with Crippen molar-refractivity contribution in [3.63, 3.8) is 0 Å². The zero-order chi connectivity index (χ0) is 23.2. The number of benzene rings is 3. The number of ether oxygens (including phenoxy) is 1. The van der Waals surface area contributed by atoms with Crippen LogP contribution in [0.3, 0.4) is 0 Å². The van der Waals surface area contributed by atoms with E-state index in [0.29, 0.717) is 29.2 Å². The molecular weight excluding hydrogens is 434 g/mol. The molecular formula is C26H25N3O3S. The Morgan fingerprint density at radius 1 is 1.00 bits per heavy atom. The standard InChI is InChI=1S/C26H25N3O3S/c1-4-31-22-13-9-8-12-21(22)27-24(30)23(19-10-6-5-7-11-19)33-26-29-28-25(32-26)20-15-14-17(2)18(3)16-20/h5-16,23H,4H2,1-3H3,(H,27,30). The van der Waals surface area contributed by atoms with Gasteiger partial charge in [-0.05, 0) is 73.5 Å². The number of amides is 1. The predicted molar refractivity (Wildman–Crippen MR) is 130 cm³/mol. The summed E-state index contributed by atoms with van der Waals surface area (Å²) in [5.74, 6) is 0.846. The van der Waals surface area contributed by atoms with Gasteiger partial charge in [0.25, 0.3) is 5.22 Å². The van der Waals surface area contributed by atoms with Gasteiger partial charge in [0.15, 0.2) is 0 Å². The number of anilines is 1. The second-order valence-corrected chi connectivity index (χ2v) is 8.56. The van der Waals surface area contributed by atoms with Crippen molar-refractivity contribution in [2.24, 2.45) is 0 Å². The second kappa shape index (κ2) is 10.4. The Kier molecular flexibility index (Phi) is 7.10. The van der Waals surface area contributed by atoms with Crippen LogP contribution in [0, 0.1) is 13.8 Å². The van der Waals surface area contributed by atoms with Crippen molar-refractivity contribution in [2.75, 3.05) is 11.9 Å². The molecule has 0 saturated heterocycles. The van der Waals surface area contributed by atoms with Crippen LogP contribution in [0.25, 0.3) is 11.5 Å². The molecule has 1 atom stereocenters. The Morgan fingerprint density at radius 3 is 2.52 bits per heavy atom. The van der Waals surface area contributed by atoms with Crippen LogP contribution in [0.1, 0.15) is 28.9 Å². The van der Waals surface area contributed by atoms with E-state index in [1.54, 1.807) is 0 Å². The first-order valence-corrected chi connectivity index (χ1v) is 11.6. The molecule has 33 heavy (non-hydrogen) atoms. The van der Waals surface area contributed by atoms with E-state index < -0.39 is 5.25 Å². The molecule has 0 spiro atoms. The van der Waals surface area contributed by atoms with E-state index >= 15 is 0 Å². The van der Waals surface area contributed by atoms with Crippen molar-refractivity contribution in [3.05, 3.63) is 89.5 Å². The van der Waals surface area contributed by atoms with Gasteiger partial charge in [-0.1, -0.05) is 48.5 Å². The summed E-state index contributed by atoms with van der Waals surface area (Å²) >= 11 is 1.22. The third-order valence-corrected chi connectivity index (χ3v) is 6.25. The van der Waals surface area contributed by atoms with Crippen LogP contribution in [0.15, 0.2) is 82.4 Å². The highest BCUT2D eigenvalue weighted by atomic mass is 32.2. The van der Waals surface area contributed by atoms with Crippen LogP contribution in [-0.2, 0) is 4.79 Å². The van der Waals surface area contributed by atoms with Gasteiger partial charge in [0.2, 0.25) is 11.8 Å². The van der Waals surface area contributed by atoms with Gasteiger partial charge < -0.3 is 14.5 Å². The molecule has 0 bridgehead atoms. The summed E-state index contributed by atoms with van der Waals surface area (Å²) in [6.07, 6.45) is 0. The summed E-state index contributed by atoms with van der Waals surface area (Å²) in [7, 11) is 0. The molecule has 6 nitrogen and oxygen atoms in total. The molecule has 3 aromatic carbocycles. The maximum absolute atomic E-state index is 13.4. The van der Waals surface area contributed by atoms with Gasteiger partial charge in [0.05, 0.1) is 12.3 Å². The summed E-state index contributed by atoms with van der Waals surface area (Å²) in [4.78, 5) is 13.4. The van der Waals surface area contributed by atoms with Crippen LogP contribution in [0.5, 0.6) is 5.75 Å². The quantitative estimate of drug-likeness (QED) is 0.315. The molecule has 0 radical (unpaired) electrons. The van der Waals surface area contributed by atoms with E-state index in [2.05, 4.69) is 22.4 Å². The average Bonchev–Trinajstić information content (AvgIpc) is 3.30. The molecule has 4 aromatic rings. The SMILES string of the molecule is CCOc1ccccc1NC(=O)C(Sc1nnc(-c2ccc(C)c(C)c2)o1)c1ccccc1. The molecule has 1 unspecified atom stereocenters. The zero-order valence-electron chi connectivity index (χ0n) is 18.7. The molecule has 1 N–H and O–H groups in total. The fourth-order valence-electron chi connectivity index (χ4n) is 3.30. The number of carbonyl (C=O) groups excluding carboxylic acids is 1. The highest BCUT2D eigenvalue weighted by molar-refractivity contribution is 8.00. The van der Waals surface area contributed by atoms with Gasteiger partial charge in [0, 0.05) is 5.56 Å². The van der Waals surface area contributed by atoms with Crippen molar-refractivity contribution >= 4 is 23.4 Å². The first-order valence-electron chi connectivity index (χ1n) is 10.7. The van der Waals surface area contributed by atoms with E-state index in [4.69, 9.17) is 9.15 Å². The van der Waals surface area contributed by atoms with Gasteiger partial charge >= 0.3 is 0 Å². The number of rotatable bonds is 8. The highest BCUT2D eigenvalue weighted by Gasteiger charge is 2.26. The lowest BCUT2D eigenvalue weighted by atomic mass is 10.1. The lowest BCUT2D eigenvalue weighted by Crippen LogP contribution is -2.19. The fraction of sp³-hybridized carbons (Fsp3) is 0.192. The summed E-state index contributed by atoms with van der Waals surface area (Å²) < 4.78 is 11.6. The Hall–Kier alpha value is -3.58. The maximum Gasteiger partial charge on any atom is 0.277 e. The number of hydrogen-bond acceptors (Lipinski definition) is 6. The second-order valence-electron chi connectivity index (χ2n) is 7.50. The molecule has 168 valence electrons. The van der Waals surface area contributed by atoms with Gasteiger partial charge in [-0.15, -0.1) is 10.2 Å². The summed E-state index contributed by atoms with van der Waals surface area (Å²) in [6, 6.07) is 22.9. The predicted octanol–water partition coefficient (Wildman–Crippen LogP) is 6.22. The smallest absolute Gasteiger partial charge is 0.277 e. The molecule has 4 rings (SSSR count). The van der Waals surface area contributed by atoms with Crippen LogP contribution < -0.4 is 10.1 Å². The first kappa shape index (κ1) is 22.6. The Morgan fingerprint density at radius 2 is 1.76 bits per heavy atom. The Labute approximate surface area is 197 Å². The van der Waals surface area contributed by atoms with Crippen LogP contribution in [0.4, 0.5) is 5.69 Å². The topological polar surface area (TPSA) is 77.2 Å². The highest BCUT2D eigenvalue weighted by Crippen LogP contribution is 2.37. The van der Waals surface area contributed by atoms with Crippen molar-refractivity contribution < 1.29 is 13.9 Å². The molecule has 0 saturated carbocycles. The molecule has 0 aliphatic rings. The third-order valence-electron chi connectivity index (χ3n) is 5.16. The van der Waals surface area contributed by atoms with Gasteiger partial charge in [-0.3, -0.25) is 4.79 Å². The third kappa shape index (κ3) is 5.43. The minimum absolute atomic E-state index is 0.204. The van der Waals surface area contributed by atoms with Crippen LogP contribution in [0.2, 0.25) is 0 Å². The minimum Gasteiger partial charge on any atom is -0.492 e. The van der Waals surface area contributed by atoms with E-state index in [-0.39, 0.29) is 5.91 Å². The monoisotopic (exact) mass is 459 g/mol. The van der Waals surface area contributed by atoms with Crippen molar-refractivity contribution in [1.82, 2.24) is 10.2 Å². The number of thioether (sulfide) groups is 1. The summed E-state index contributed by atoms with van der Waals surface area (Å²) in [5.41, 5.74) is 4.64. The van der Waals surface area contributed by atoms with Crippen LogP contribution in [-0.4, -0.2) is 22.7 Å². The average molecular weight is 460 g/mol. The van der Waals surface area contributed by atoms with E-state index in [9.17, 15) is 4.79 Å². The lowest BCUT2D eigenvalue weighted by Gasteiger charge is -2.17. The normalized spacial score (nSPS) is 11.7. The van der Waals surface area contributed by atoms with E-state index in [1.165, 1.54) is 17.3 Å². The Balaban J connectivity index is 1.59. The molecule has 1 aromatic heterocycles. The van der Waals surface area contributed by atoms with Gasteiger partial charge in [-0.25, -0.2) is 0 Å². The summed E-state index contributed by atoms with van der Waals surface area (Å²) in [6.45, 7) is 6.51. The summed E-state index contributed by atoms with van der Waals surface area (Å²) in [5, 5.41) is 11.1. The molecule has 1 amide bonds. The van der Waals surface area contributed by atoms with E-state index in [1.807, 2.05) is 86.6 Å². The van der Waals surface area contributed by atoms with Crippen molar-refractivity contribution in [2.45, 2.75) is 31.2 Å². The van der Waals surface area contributed by atoms with Gasteiger partial charge in [0.1, 0.15) is 11.0 Å². The minimum atomic E-state index is -0.589. The number of aryl methyl sites for hydroxylation is 2. The number of hydrogen-bond donors (Lipinski definition) is 1. The van der Waals surface area contributed by atoms with Gasteiger partial charge in [-0.2, -0.15) is 0 Å². The number of nitrogens with one attached hydrogen (secondary N) is 1. The van der Waals surface area contributed by atoms with E-state index in [0.717, 1.165) is 16.7 Å². The van der Waals surface area contributed by atoms with Crippen LogP contribution >= 0.6 is 11.8 Å². The Bertz CT molecular complexity index is 1240. The largest absolute Gasteiger partial charge is 0.492 e. The number of para-hydroxylation sites is 2. The number of nitrogens with zero attached hydrogens (tertiary/aromatic N) is 2. The number of carbonyl (C=O) groups is 1. The molecule has 7 heteroatoms. The lowest BCUT2D eigenvalue weighted by molar-refractivity contribution is -0.115. The number of aromatic nitrogens is 2.